The van der Waals surface area contributed by atoms with Gasteiger partial charge in [0.1, 0.15) is 5.60 Å². The molecule has 1 atom stereocenters. The van der Waals surface area contributed by atoms with Gasteiger partial charge in [-0.2, -0.15) is 0 Å². The van der Waals surface area contributed by atoms with E-state index in [2.05, 4.69) is 18.8 Å². The van der Waals surface area contributed by atoms with E-state index in [-0.39, 0.29) is 0 Å². The Hall–Kier alpha value is -0.970. The zero-order valence-electron chi connectivity index (χ0n) is 12.1. The molecule has 1 nitrogen and oxygen atoms in total. The predicted molar refractivity (Wildman–Crippen MR) is 82.4 cm³/mol. The Morgan fingerprint density at radius 3 is 2.68 bits per heavy atom. The van der Waals surface area contributed by atoms with Crippen LogP contribution in [0.3, 0.4) is 0 Å². The zero-order valence-corrected chi connectivity index (χ0v) is 12.8. The van der Waals surface area contributed by atoms with E-state index < -0.39 is 5.60 Å². The summed E-state index contributed by atoms with van der Waals surface area (Å²) in [6.45, 7) is 5.91. The lowest BCUT2D eigenvalue weighted by molar-refractivity contribution is 0.109. The van der Waals surface area contributed by atoms with Crippen molar-refractivity contribution in [2.75, 3.05) is 0 Å². The van der Waals surface area contributed by atoms with Crippen molar-refractivity contribution in [2.45, 2.75) is 58.5 Å². The first kappa shape index (κ1) is 16.1. The first-order chi connectivity index (χ1) is 8.96. The molecular weight excluding hydrogens is 256 g/mol. The minimum absolute atomic E-state index is 0.717. The molecule has 104 valence electrons. The SMILES string of the molecule is CCCCCCC(C)(O)C#Cc1cccc(Cl)c1C. The molecule has 2 heteroatoms. The number of rotatable bonds is 5. The normalized spacial score (nSPS) is 13.5. The molecule has 0 fully saturated rings. The molecule has 0 heterocycles. The summed E-state index contributed by atoms with van der Waals surface area (Å²) in [4.78, 5) is 0. The Kier molecular flexibility index (Phi) is 6.42. The quantitative estimate of drug-likeness (QED) is 0.610. The molecule has 1 unspecified atom stereocenters. The predicted octanol–water partition coefficient (Wildman–Crippen LogP) is 4.72. The third kappa shape index (κ3) is 5.68. The molecule has 0 spiro atoms. The van der Waals surface area contributed by atoms with Crippen molar-refractivity contribution in [3.8, 4) is 11.8 Å². The summed E-state index contributed by atoms with van der Waals surface area (Å²) < 4.78 is 0. The lowest BCUT2D eigenvalue weighted by Crippen LogP contribution is -2.21. The van der Waals surface area contributed by atoms with Crippen molar-refractivity contribution in [1.82, 2.24) is 0 Å². The monoisotopic (exact) mass is 278 g/mol. The summed E-state index contributed by atoms with van der Waals surface area (Å²) >= 11 is 6.05. The Morgan fingerprint density at radius 1 is 1.26 bits per heavy atom. The number of hydrogen-bond donors (Lipinski definition) is 1. The van der Waals surface area contributed by atoms with Crippen molar-refractivity contribution >= 4 is 11.6 Å². The highest BCUT2D eigenvalue weighted by Crippen LogP contribution is 2.19. The molecule has 0 saturated carbocycles. The van der Waals surface area contributed by atoms with Crippen LogP contribution < -0.4 is 0 Å². The van der Waals surface area contributed by atoms with E-state index in [9.17, 15) is 5.11 Å². The third-order valence-corrected chi connectivity index (χ3v) is 3.66. The van der Waals surface area contributed by atoms with Crippen molar-refractivity contribution in [1.29, 1.82) is 0 Å². The van der Waals surface area contributed by atoms with Crippen LogP contribution in [0.4, 0.5) is 0 Å². The van der Waals surface area contributed by atoms with Crippen LogP contribution in [0.25, 0.3) is 0 Å². The lowest BCUT2D eigenvalue weighted by atomic mass is 9.97. The number of aliphatic hydroxyl groups is 1. The van der Waals surface area contributed by atoms with Gasteiger partial charge in [0, 0.05) is 10.6 Å². The van der Waals surface area contributed by atoms with Gasteiger partial charge in [-0.3, -0.25) is 0 Å². The highest BCUT2D eigenvalue weighted by Gasteiger charge is 2.15. The second kappa shape index (κ2) is 7.58. The van der Waals surface area contributed by atoms with Gasteiger partial charge in [0.05, 0.1) is 0 Å². The maximum absolute atomic E-state index is 10.2. The molecule has 0 aliphatic heterocycles. The third-order valence-electron chi connectivity index (χ3n) is 3.25. The molecule has 1 aromatic carbocycles. The van der Waals surface area contributed by atoms with Crippen LogP contribution in [-0.4, -0.2) is 10.7 Å². The molecule has 19 heavy (non-hydrogen) atoms. The van der Waals surface area contributed by atoms with E-state index >= 15 is 0 Å². The summed E-state index contributed by atoms with van der Waals surface area (Å²) in [5, 5.41) is 10.9. The minimum atomic E-state index is -0.914. The van der Waals surface area contributed by atoms with Gasteiger partial charge in [-0.15, -0.1) is 0 Å². The highest BCUT2D eigenvalue weighted by atomic mass is 35.5. The fraction of sp³-hybridized carbons (Fsp3) is 0.529. The molecule has 1 aromatic rings. The summed E-state index contributed by atoms with van der Waals surface area (Å²) in [6.07, 6.45) is 5.32. The van der Waals surface area contributed by atoms with Gasteiger partial charge < -0.3 is 5.11 Å². The van der Waals surface area contributed by atoms with E-state index in [1.165, 1.54) is 12.8 Å². The topological polar surface area (TPSA) is 20.2 Å². The zero-order chi connectivity index (χ0) is 14.3. The summed E-state index contributed by atoms with van der Waals surface area (Å²) in [6, 6.07) is 5.67. The molecular formula is C17H23ClO. The van der Waals surface area contributed by atoms with Crippen LogP contribution in [0, 0.1) is 18.8 Å². The average Bonchev–Trinajstić information content (AvgIpc) is 2.37. The van der Waals surface area contributed by atoms with Crippen LogP contribution >= 0.6 is 11.6 Å². The Balaban J connectivity index is 2.67. The van der Waals surface area contributed by atoms with Crippen LogP contribution in [0.5, 0.6) is 0 Å². The lowest BCUT2D eigenvalue weighted by Gasteiger charge is -2.15. The molecule has 0 aliphatic carbocycles. The van der Waals surface area contributed by atoms with Crippen molar-refractivity contribution in [3.05, 3.63) is 34.3 Å². The van der Waals surface area contributed by atoms with Gasteiger partial charge >= 0.3 is 0 Å². The summed E-state index contributed by atoms with van der Waals surface area (Å²) in [5.41, 5.74) is 0.947. The average molecular weight is 279 g/mol. The second-order valence-corrected chi connectivity index (χ2v) is 5.65. The number of unbranched alkanes of at least 4 members (excludes halogenated alkanes) is 3. The van der Waals surface area contributed by atoms with Crippen LogP contribution in [0.15, 0.2) is 18.2 Å². The van der Waals surface area contributed by atoms with Gasteiger partial charge in [0.2, 0.25) is 0 Å². The van der Waals surface area contributed by atoms with Crippen molar-refractivity contribution < 1.29 is 5.11 Å². The van der Waals surface area contributed by atoms with Crippen LogP contribution in [0.2, 0.25) is 5.02 Å². The number of benzene rings is 1. The van der Waals surface area contributed by atoms with E-state index in [4.69, 9.17) is 11.6 Å². The highest BCUT2D eigenvalue weighted by molar-refractivity contribution is 6.31. The fourth-order valence-electron chi connectivity index (χ4n) is 1.90. The molecule has 0 radical (unpaired) electrons. The standard InChI is InChI=1S/C17H23ClO/c1-4-5-6-7-12-17(3,19)13-11-15-9-8-10-16(18)14(15)2/h8-10,19H,4-7,12H2,1-3H3. The Labute approximate surface area is 122 Å². The maximum Gasteiger partial charge on any atom is 0.123 e. The van der Waals surface area contributed by atoms with Crippen molar-refractivity contribution in [2.24, 2.45) is 0 Å². The molecule has 1 N–H and O–H groups in total. The largest absolute Gasteiger partial charge is 0.378 e. The Bertz CT molecular complexity index is 466. The van der Waals surface area contributed by atoms with E-state index in [0.29, 0.717) is 0 Å². The van der Waals surface area contributed by atoms with Crippen molar-refractivity contribution in [3.63, 3.8) is 0 Å². The molecule has 1 rings (SSSR count). The Morgan fingerprint density at radius 2 is 2.00 bits per heavy atom. The van der Waals surface area contributed by atoms with E-state index in [0.717, 1.165) is 35.4 Å². The molecule has 0 aliphatic rings. The molecule has 0 saturated heterocycles. The summed E-state index contributed by atoms with van der Waals surface area (Å²) in [7, 11) is 0. The molecule has 0 bridgehead atoms. The number of hydrogen-bond acceptors (Lipinski definition) is 1. The first-order valence-corrected chi connectivity index (χ1v) is 7.35. The van der Waals surface area contributed by atoms with E-state index in [1.54, 1.807) is 6.92 Å². The van der Waals surface area contributed by atoms with Gasteiger partial charge in [-0.25, -0.2) is 0 Å². The van der Waals surface area contributed by atoms with Crippen LogP contribution in [0.1, 0.15) is 57.1 Å². The van der Waals surface area contributed by atoms with E-state index in [1.807, 2.05) is 25.1 Å². The van der Waals surface area contributed by atoms with Gasteiger partial charge in [-0.05, 0) is 44.4 Å². The van der Waals surface area contributed by atoms with Crippen LogP contribution in [-0.2, 0) is 0 Å². The molecule has 0 aromatic heterocycles. The summed E-state index contributed by atoms with van der Waals surface area (Å²) in [5.74, 6) is 6.02. The second-order valence-electron chi connectivity index (χ2n) is 5.25. The number of halogens is 1. The first-order valence-electron chi connectivity index (χ1n) is 6.97. The smallest absolute Gasteiger partial charge is 0.123 e. The minimum Gasteiger partial charge on any atom is -0.378 e. The van der Waals surface area contributed by atoms with Gasteiger partial charge in [0.25, 0.3) is 0 Å². The molecule has 0 amide bonds. The fourth-order valence-corrected chi connectivity index (χ4v) is 2.08. The van der Waals surface area contributed by atoms with Gasteiger partial charge in [0.15, 0.2) is 0 Å². The van der Waals surface area contributed by atoms with Gasteiger partial charge in [-0.1, -0.05) is 55.7 Å². The maximum atomic E-state index is 10.2.